The van der Waals surface area contributed by atoms with Crippen LogP contribution in [-0.4, -0.2) is 43.5 Å². The fourth-order valence-electron chi connectivity index (χ4n) is 3.30. The summed E-state index contributed by atoms with van der Waals surface area (Å²) < 4.78 is 39.5. The molecule has 7 nitrogen and oxygen atoms in total. The number of imidazole rings is 1. The lowest BCUT2D eigenvalue weighted by Gasteiger charge is -2.11. The Morgan fingerprint density at radius 1 is 1.18 bits per heavy atom. The van der Waals surface area contributed by atoms with E-state index in [2.05, 4.69) is 4.98 Å². The van der Waals surface area contributed by atoms with Gasteiger partial charge in [-0.1, -0.05) is 12.1 Å². The topological polar surface area (TPSA) is 77.6 Å². The first-order valence-corrected chi connectivity index (χ1v) is 10.3. The molecule has 0 saturated carbocycles. The molecule has 8 heteroatoms. The molecule has 146 valence electrons. The van der Waals surface area contributed by atoms with E-state index >= 15 is 0 Å². The van der Waals surface area contributed by atoms with E-state index in [1.54, 1.807) is 25.3 Å². The Balaban J connectivity index is 1.92. The summed E-state index contributed by atoms with van der Waals surface area (Å²) in [6.07, 6.45) is 0. The first kappa shape index (κ1) is 18.5. The van der Waals surface area contributed by atoms with Crippen LogP contribution in [-0.2, 0) is 16.6 Å². The molecule has 0 spiro atoms. The number of aromatic nitrogens is 2. The number of para-hydroxylation sites is 1. The average molecular weight is 399 g/mol. The highest BCUT2D eigenvalue weighted by Crippen LogP contribution is 2.34. The molecule has 2 aromatic carbocycles. The van der Waals surface area contributed by atoms with Gasteiger partial charge in [0.05, 0.1) is 23.0 Å². The fourth-order valence-corrected chi connectivity index (χ4v) is 4.22. The number of furan rings is 1. The third-order valence-corrected chi connectivity index (χ3v) is 6.57. The quantitative estimate of drug-likeness (QED) is 0.511. The molecule has 0 unspecified atom stereocenters. The molecule has 0 fully saturated rings. The molecule has 4 rings (SSSR count). The van der Waals surface area contributed by atoms with Gasteiger partial charge in [-0.3, -0.25) is 0 Å². The third-order valence-electron chi connectivity index (χ3n) is 4.76. The second-order valence-corrected chi connectivity index (χ2v) is 8.76. The number of ether oxygens (including phenoxy) is 1. The van der Waals surface area contributed by atoms with E-state index in [0.717, 1.165) is 10.9 Å². The number of sulfonamides is 1. The first-order valence-electron chi connectivity index (χ1n) is 8.86. The highest BCUT2D eigenvalue weighted by Gasteiger charge is 2.21. The standard InChI is InChI=1S/C20H21N3O4S/c1-5-23-16-10-9-14(28(24,25)22(2)3)12-15(16)21-20(23)18-11-13-7-6-8-17(26-4)19(13)27-18/h6-12H,5H2,1-4H3. The Kier molecular flexibility index (Phi) is 4.40. The van der Waals surface area contributed by atoms with E-state index in [-0.39, 0.29) is 4.90 Å². The van der Waals surface area contributed by atoms with Crippen LogP contribution in [0.2, 0.25) is 0 Å². The number of benzene rings is 2. The van der Waals surface area contributed by atoms with Crippen LogP contribution in [0.1, 0.15) is 6.92 Å². The van der Waals surface area contributed by atoms with Crippen LogP contribution < -0.4 is 4.74 Å². The van der Waals surface area contributed by atoms with E-state index in [1.807, 2.05) is 35.8 Å². The average Bonchev–Trinajstić information content (AvgIpc) is 3.27. The molecule has 0 aliphatic heterocycles. The molecular formula is C20H21N3O4S. The number of methoxy groups -OCH3 is 1. The lowest BCUT2D eigenvalue weighted by Crippen LogP contribution is -2.22. The maximum atomic E-state index is 12.5. The number of hydrogen-bond donors (Lipinski definition) is 0. The Morgan fingerprint density at radius 3 is 2.64 bits per heavy atom. The Hall–Kier alpha value is -2.84. The molecular weight excluding hydrogens is 378 g/mol. The van der Waals surface area contributed by atoms with Crippen molar-refractivity contribution in [3.8, 4) is 17.3 Å². The molecule has 4 aromatic rings. The summed E-state index contributed by atoms with van der Waals surface area (Å²) in [5, 5.41) is 0.917. The molecule has 0 amide bonds. The number of fused-ring (bicyclic) bond motifs is 2. The van der Waals surface area contributed by atoms with Gasteiger partial charge in [-0.15, -0.1) is 0 Å². The molecule has 0 aliphatic carbocycles. The van der Waals surface area contributed by atoms with Gasteiger partial charge in [0.15, 0.2) is 22.9 Å². The van der Waals surface area contributed by atoms with Gasteiger partial charge in [0.25, 0.3) is 0 Å². The Morgan fingerprint density at radius 2 is 1.96 bits per heavy atom. The molecule has 0 radical (unpaired) electrons. The van der Waals surface area contributed by atoms with Gasteiger partial charge in [0, 0.05) is 26.0 Å². The smallest absolute Gasteiger partial charge is 0.242 e. The van der Waals surface area contributed by atoms with Gasteiger partial charge in [0.1, 0.15) is 0 Å². The van der Waals surface area contributed by atoms with Crippen LogP contribution in [0.5, 0.6) is 5.75 Å². The number of aryl methyl sites for hydroxylation is 1. The summed E-state index contributed by atoms with van der Waals surface area (Å²) in [5.74, 6) is 1.91. The van der Waals surface area contributed by atoms with Crippen LogP contribution in [0.4, 0.5) is 0 Å². The lowest BCUT2D eigenvalue weighted by molar-refractivity contribution is 0.410. The molecule has 0 saturated heterocycles. The highest BCUT2D eigenvalue weighted by molar-refractivity contribution is 7.89. The number of hydrogen-bond acceptors (Lipinski definition) is 5. The van der Waals surface area contributed by atoms with Crippen molar-refractivity contribution in [1.29, 1.82) is 0 Å². The second-order valence-electron chi connectivity index (χ2n) is 6.61. The summed E-state index contributed by atoms with van der Waals surface area (Å²) in [5.41, 5.74) is 2.11. The summed E-state index contributed by atoms with van der Waals surface area (Å²) in [4.78, 5) is 4.90. The molecule has 2 aromatic heterocycles. The maximum Gasteiger partial charge on any atom is 0.242 e. The lowest BCUT2D eigenvalue weighted by atomic mass is 10.2. The van der Waals surface area contributed by atoms with Gasteiger partial charge in [0.2, 0.25) is 10.0 Å². The van der Waals surface area contributed by atoms with E-state index in [1.165, 1.54) is 18.4 Å². The SMILES string of the molecule is CCn1c(-c2cc3cccc(OC)c3o2)nc2cc(S(=O)(=O)N(C)C)ccc21. The van der Waals surface area contributed by atoms with Crippen LogP contribution in [0, 0.1) is 0 Å². The Labute approximate surface area is 163 Å². The van der Waals surface area contributed by atoms with Crippen molar-refractivity contribution in [3.05, 3.63) is 42.5 Å². The van der Waals surface area contributed by atoms with Crippen molar-refractivity contribution in [2.24, 2.45) is 0 Å². The van der Waals surface area contributed by atoms with Crippen molar-refractivity contribution in [2.75, 3.05) is 21.2 Å². The molecule has 2 heterocycles. The van der Waals surface area contributed by atoms with E-state index in [4.69, 9.17) is 9.15 Å². The van der Waals surface area contributed by atoms with Crippen molar-refractivity contribution >= 4 is 32.0 Å². The van der Waals surface area contributed by atoms with Gasteiger partial charge in [-0.2, -0.15) is 0 Å². The van der Waals surface area contributed by atoms with Crippen molar-refractivity contribution in [2.45, 2.75) is 18.4 Å². The van der Waals surface area contributed by atoms with Gasteiger partial charge >= 0.3 is 0 Å². The summed E-state index contributed by atoms with van der Waals surface area (Å²) in [6, 6.07) is 12.6. The van der Waals surface area contributed by atoms with Gasteiger partial charge in [-0.05, 0) is 37.3 Å². The fraction of sp³-hybridized carbons (Fsp3) is 0.250. The second kappa shape index (κ2) is 6.65. The predicted octanol–water partition coefficient (Wildman–Crippen LogP) is 3.73. The minimum absolute atomic E-state index is 0.212. The predicted molar refractivity (Wildman–Crippen MR) is 108 cm³/mol. The summed E-state index contributed by atoms with van der Waals surface area (Å²) in [7, 11) is 1.10. The van der Waals surface area contributed by atoms with Crippen molar-refractivity contribution in [3.63, 3.8) is 0 Å². The largest absolute Gasteiger partial charge is 0.493 e. The van der Waals surface area contributed by atoms with Crippen molar-refractivity contribution in [1.82, 2.24) is 13.9 Å². The maximum absolute atomic E-state index is 12.5. The normalized spacial score (nSPS) is 12.3. The number of nitrogens with zero attached hydrogens (tertiary/aromatic N) is 3. The third kappa shape index (κ3) is 2.76. The molecule has 0 N–H and O–H groups in total. The van der Waals surface area contributed by atoms with Crippen LogP contribution in [0.15, 0.2) is 51.8 Å². The Bertz CT molecular complexity index is 1290. The first-order chi connectivity index (χ1) is 13.4. The highest BCUT2D eigenvalue weighted by atomic mass is 32.2. The van der Waals surface area contributed by atoms with E-state index < -0.39 is 10.0 Å². The molecule has 0 bridgehead atoms. The van der Waals surface area contributed by atoms with Crippen LogP contribution in [0.25, 0.3) is 33.6 Å². The summed E-state index contributed by atoms with van der Waals surface area (Å²) in [6.45, 7) is 2.68. The number of rotatable bonds is 5. The molecule has 28 heavy (non-hydrogen) atoms. The minimum atomic E-state index is -3.53. The van der Waals surface area contributed by atoms with E-state index in [0.29, 0.717) is 35.0 Å². The molecule has 0 aliphatic rings. The van der Waals surface area contributed by atoms with Crippen molar-refractivity contribution < 1.29 is 17.6 Å². The zero-order valence-electron chi connectivity index (χ0n) is 16.1. The zero-order chi connectivity index (χ0) is 20.1. The van der Waals surface area contributed by atoms with E-state index in [9.17, 15) is 8.42 Å². The monoisotopic (exact) mass is 399 g/mol. The molecule has 0 atom stereocenters. The van der Waals surface area contributed by atoms with Gasteiger partial charge in [-0.25, -0.2) is 17.7 Å². The minimum Gasteiger partial charge on any atom is -0.493 e. The van der Waals surface area contributed by atoms with Crippen LogP contribution in [0.3, 0.4) is 0 Å². The zero-order valence-corrected chi connectivity index (χ0v) is 16.9. The van der Waals surface area contributed by atoms with Crippen LogP contribution >= 0.6 is 0 Å². The van der Waals surface area contributed by atoms with Gasteiger partial charge < -0.3 is 13.7 Å². The summed E-state index contributed by atoms with van der Waals surface area (Å²) >= 11 is 0.